The van der Waals surface area contributed by atoms with Gasteiger partial charge in [0.2, 0.25) is 17.6 Å². The normalized spacial score (nSPS) is 16.5. The number of benzene rings is 2. The summed E-state index contributed by atoms with van der Waals surface area (Å²) in [6.07, 6.45) is 1.66. The van der Waals surface area contributed by atoms with E-state index in [4.69, 9.17) is 4.52 Å². The number of aromatic nitrogens is 2. The summed E-state index contributed by atoms with van der Waals surface area (Å²) in [7, 11) is 0. The van der Waals surface area contributed by atoms with E-state index >= 15 is 0 Å². The zero-order chi connectivity index (χ0) is 26.8. The molecule has 1 aliphatic heterocycles. The summed E-state index contributed by atoms with van der Waals surface area (Å²) in [5.41, 5.74) is 4.91. The summed E-state index contributed by atoms with van der Waals surface area (Å²) in [6.45, 7) is 17.6. The average Bonchev–Trinajstić information content (AvgIpc) is 3.32. The topological polar surface area (TPSA) is 71.3 Å². The lowest BCUT2D eigenvalue weighted by atomic mass is 9.86. The molecule has 37 heavy (non-hydrogen) atoms. The van der Waals surface area contributed by atoms with Crippen molar-refractivity contribution in [3.63, 3.8) is 0 Å². The zero-order valence-corrected chi connectivity index (χ0v) is 23.5. The second-order valence-corrected chi connectivity index (χ2v) is 12.5. The molecule has 2 heterocycles. The highest BCUT2D eigenvalue weighted by atomic mass is 16.5. The molecule has 0 aliphatic carbocycles. The number of hydrogen-bond acceptors (Lipinski definition) is 5. The standard InChI is InChI=1S/C31H42N4O2/c1-21(22-8-12-25(13-9-22)30(2,3)4)32-29(36)24-16-18-35(19-17-24)20-27-33-28(34-37-27)23-10-14-26(15-11-23)31(5,6)7/h8-15,21,24H,16-20H2,1-7H3,(H,32,36). The summed E-state index contributed by atoms with van der Waals surface area (Å²) < 4.78 is 5.54. The van der Waals surface area contributed by atoms with Crippen LogP contribution >= 0.6 is 0 Å². The highest BCUT2D eigenvalue weighted by molar-refractivity contribution is 5.79. The van der Waals surface area contributed by atoms with E-state index in [2.05, 4.69) is 117 Å². The van der Waals surface area contributed by atoms with Gasteiger partial charge in [-0.1, -0.05) is 95.2 Å². The molecule has 1 saturated heterocycles. The Morgan fingerprint density at radius 2 is 1.49 bits per heavy atom. The molecule has 1 fully saturated rings. The van der Waals surface area contributed by atoms with Crippen molar-refractivity contribution in [1.29, 1.82) is 0 Å². The van der Waals surface area contributed by atoms with Crippen molar-refractivity contribution in [2.45, 2.75) is 84.7 Å². The fourth-order valence-electron chi connectivity index (χ4n) is 4.79. The van der Waals surface area contributed by atoms with E-state index in [1.165, 1.54) is 11.1 Å². The van der Waals surface area contributed by atoms with E-state index < -0.39 is 0 Å². The van der Waals surface area contributed by atoms with Gasteiger partial charge in [0.05, 0.1) is 12.6 Å². The van der Waals surface area contributed by atoms with Gasteiger partial charge in [0, 0.05) is 11.5 Å². The van der Waals surface area contributed by atoms with Crippen LogP contribution < -0.4 is 5.32 Å². The molecule has 2 aromatic carbocycles. The van der Waals surface area contributed by atoms with Crippen LogP contribution in [0.2, 0.25) is 0 Å². The van der Waals surface area contributed by atoms with Crippen LogP contribution in [0.3, 0.4) is 0 Å². The number of carbonyl (C=O) groups is 1. The molecule has 6 heteroatoms. The minimum atomic E-state index is -0.00572. The Labute approximate surface area is 221 Å². The lowest BCUT2D eigenvalue weighted by molar-refractivity contribution is -0.127. The first kappa shape index (κ1) is 27.1. The molecule has 0 saturated carbocycles. The Bertz CT molecular complexity index is 1180. The predicted molar refractivity (Wildman–Crippen MR) is 148 cm³/mol. The van der Waals surface area contributed by atoms with Crippen LogP contribution in [0.1, 0.15) is 89.9 Å². The second kappa shape index (κ2) is 10.8. The van der Waals surface area contributed by atoms with Crippen molar-refractivity contribution in [3.05, 3.63) is 71.1 Å². The van der Waals surface area contributed by atoms with E-state index in [0.29, 0.717) is 18.3 Å². The zero-order valence-electron chi connectivity index (χ0n) is 23.5. The highest BCUT2D eigenvalue weighted by Crippen LogP contribution is 2.27. The van der Waals surface area contributed by atoms with E-state index in [1.807, 2.05) is 0 Å². The smallest absolute Gasteiger partial charge is 0.241 e. The van der Waals surface area contributed by atoms with E-state index in [-0.39, 0.29) is 28.7 Å². The third kappa shape index (κ3) is 6.86. The van der Waals surface area contributed by atoms with Crippen LogP contribution in [0, 0.1) is 5.92 Å². The molecule has 4 rings (SSSR count). The molecule has 1 atom stereocenters. The van der Waals surface area contributed by atoms with Gasteiger partial charge in [0.25, 0.3) is 0 Å². The van der Waals surface area contributed by atoms with E-state index in [0.717, 1.165) is 37.1 Å². The molecule has 1 N–H and O–H groups in total. The fourth-order valence-corrected chi connectivity index (χ4v) is 4.79. The molecule has 6 nitrogen and oxygen atoms in total. The SMILES string of the molecule is CC(NC(=O)C1CCN(Cc2nc(-c3ccc(C(C)(C)C)cc3)no2)CC1)c1ccc(C(C)(C)C)cc1. The van der Waals surface area contributed by atoms with E-state index in [9.17, 15) is 4.79 Å². The number of hydrogen-bond donors (Lipinski definition) is 1. The van der Waals surface area contributed by atoms with Gasteiger partial charge in [-0.15, -0.1) is 0 Å². The van der Waals surface area contributed by atoms with Crippen molar-refractivity contribution >= 4 is 5.91 Å². The Kier molecular flexibility index (Phi) is 7.88. The molecule has 198 valence electrons. The third-order valence-electron chi connectivity index (χ3n) is 7.43. The first-order valence-electron chi connectivity index (χ1n) is 13.5. The average molecular weight is 503 g/mol. The van der Waals surface area contributed by atoms with Crippen molar-refractivity contribution < 1.29 is 9.32 Å². The number of carbonyl (C=O) groups excluding carboxylic acids is 1. The first-order valence-corrected chi connectivity index (χ1v) is 13.5. The lowest BCUT2D eigenvalue weighted by Gasteiger charge is -2.31. The maximum Gasteiger partial charge on any atom is 0.241 e. The van der Waals surface area contributed by atoms with Crippen molar-refractivity contribution in [2.75, 3.05) is 13.1 Å². The maximum absolute atomic E-state index is 12.9. The summed E-state index contributed by atoms with van der Waals surface area (Å²) >= 11 is 0. The summed E-state index contributed by atoms with van der Waals surface area (Å²) in [6, 6.07) is 17.0. The molecule has 1 unspecified atom stereocenters. The Hall–Kier alpha value is -2.99. The molecule has 1 aliphatic rings. The van der Waals surface area contributed by atoms with Crippen LogP contribution in [0.5, 0.6) is 0 Å². The number of amides is 1. The summed E-state index contributed by atoms with van der Waals surface area (Å²) in [5, 5.41) is 7.42. The molecular weight excluding hydrogens is 460 g/mol. The van der Waals surface area contributed by atoms with Crippen molar-refractivity contribution in [3.8, 4) is 11.4 Å². The Morgan fingerprint density at radius 1 is 0.946 bits per heavy atom. The predicted octanol–water partition coefficient (Wildman–Crippen LogP) is 6.42. The van der Waals surface area contributed by atoms with Gasteiger partial charge in [-0.05, 0) is 60.4 Å². The Balaban J connectivity index is 1.26. The number of piperidine rings is 1. The largest absolute Gasteiger partial charge is 0.349 e. The second-order valence-electron chi connectivity index (χ2n) is 12.5. The van der Waals surface area contributed by atoms with Gasteiger partial charge in [0.15, 0.2) is 0 Å². The molecule has 0 spiro atoms. The van der Waals surface area contributed by atoms with Crippen LogP contribution in [0.4, 0.5) is 0 Å². The minimum absolute atomic E-state index is 0.00572. The van der Waals surface area contributed by atoms with Crippen LogP contribution in [-0.2, 0) is 22.2 Å². The quantitative estimate of drug-likeness (QED) is 0.421. The van der Waals surface area contributed by atoms with Gasteiger partial charge in [-0.2, -0.15) is 4.98 Å². The lowest BCUT2D eigenvalue weighted by Crippen LogP contribution is -2.41. The first-order chi connectivity index (χ1) is 17.4. The van der Waals surface area contributed by atoms with Crippen LogP contribution in [0.15, 0.2) is 53.1 Å². The highest BCUT2D eigenvalue weighted by Gasteiger charge is 2.27. The number of nitrogens with zero attached hydrogens (tertiary/aromatic N) is 3. The van der Waals surface area contributed by atoms with Crippen LogP contribution in [0.25, 0.3) is 11.4 Å². The van der Waals surface area contributed by atoms with Gasteiger partial charge in [-0.25, -0.2) is 0 Å². The molecule has 1 amide bonds. The maximum atomic E-state index is 12.9. The summed E-state index contributed by atoms with van der Waals surface area (Å²) in [5.74, 6) is 1.41. The monoisotopic (exact) mass is 502 g/mol. The minimum Gasteiger partial charge on any atom is -0.349 e. The van der Waals surface area contributed by atoms with Crippen molar-refractivity contribution in [1.82, 2.24) is 20.4 Å². The molecular formula is C31H42N4O2. The van der Waals surface area contributed by atoms with Crippen molar-refractivity contribution in [2.24, 2.45) is 5.92 Å². The third-order valence-corrected chi connectivity index (χ3v) is 7.43. The number of nitrogens with one attached hydrogen (secondary N) is 1. The number of likely N-dealkylation sites (tertiary alicyclic amines) is 1. The van der Waals surface area contributed by atoms with Gasteiger partial charge in [-0.3, -0.25) is 9.69 Å². The molecule has 0 bridgehead atoms. The van der Waals surface area contributed by atoms with Crippen LogP contribution in [-0.4, -0.2) is 34.0 Å². The fraction of sp³-hybridized carbons (Fsp3) is 0.516. The molecule has 0 radical (unpaired) electrons. The van der Waals surface area contributed by atoms with Gasteiger partial charge < -0.3 is 9.84 Å². The van der Waals surface area contributed by atoms with E-state index in [1.54, 1.807) is 0 Å². The summed E-state index contributed by atoms with van der Waals surface area (Å²) in [4.78, 5) is 19.9. The molecule has 1 aromatic heterocycles. The van der Waals surface area contributed by atoms with Gasteiger partial charge >= 0.3 is 0 Å². The molecule has 3 aromatic rings. The van der Waals surface area contributed by atoms with Gasteiger partial charge in [0.1, 0.15) is 0 Å². The number of rotatable bonds is 6. The Morgan fingerprint density at radius 3 is 2.03 bits per heavy atom.